The number of nitrogens with zero attached hydrogens (tertiary/aromatic N) is 4. The molecule has 260 valence electrons. The van der Waals surface area contributed by atoms with Crippen molar-refractivity contribution in [3.63, 3.8) is 0 Å². The molecule has 2 aliphatic carbocycles. The molecule has 4 heteroatoms. The first-order valence-corrected chi connectivity index (χ1v) is 19.1. The number of hydrogen-bond acceptors (Lipinski definition) is 3. The van der Waals surface area contributed by atoms with Crippen LogP contribution in [0.4, 0.5) is 0 Å². The van der Waals surface area contributed by atoms with Crippen LogP contribution in [0.3, 0.4) is 0 Å². The van der Waals surface area contributed by atoms with E-state index in [1.54, 1.807) is 0 Å². The number of hydrogen-bond donors (Lipinski definition) is 0. The molecule has 0 saturated heterocycles. The van der Waals surface area contributed by atoms with Gasteiger partial charge in [-0.3, -0.25) is 0 Å². The zero-order chi connectivity index (χ0) is 36.8. The summed E-state index contributed by atoms with van der Waals surface area (Å²) in [5.74, 6) is 1.93. The van der Waals surface area contributed by atoms with Crippen LogP contribution in [0.1, 0.15) is 22.3 Å². The van der Waals surface area contributed by atoms with Gasteiger partial charge in [-0.05, 0) is 68.8 Å². The highest BCUT2D eigenvalue weighted by Crippen LogP contribution is 2.64. The predicted octanol–water partition coefficient (Wildman–Crippen LogP) is 12.3. The third kappa shape index (κ3) is 4.21. The second kappa shape index (κ2) is 11.8. The lowest BCUT2D eigenvalue weighted by Gasteiger charge is -2.31. The summed E-state index contributed by atoms with van der Waals surface area (Å²) in [5.41, 5.74) is 16.3. The third-order valence-electron chi connectivity index (χ3n) is 11.8. The lowest BCUT2D eigenvalue weighted by molar-refractivity contribution is 0.802. The van der Waals surface area contributed by atoms with Crippen molar-refractivity contribution >= 4 is 21.8 Å². The molecule has 4 nitrogen and oxygen atoms in total. The van der Waals surface area contributed by atoms with Gasteiger partial charge in [-0.1, -0.05) is 170 Å². The maximum absolute atomic E-state index is 5.08. The van der Waals surface area contributed by atoms with Gasteiger partial charge in [-0.15, -0.1) is 0 Å². The molecule has 2 aliphatic rings. The van der Waals surface area contributed by atoms with Gasteiger partial charge in [0, 0.05) is 33.2 Å². The molecule has 0 unspecified atom stereocenters. The first-order chi connectivity index (χ1) is 27.8. The minimum absolute atomic E-state index is 0.456. The van der Waals surface area contributed by atoms with Crippen LogP contribution < -0.4 is 0 Å². The zero-order valence-electron chi connectivity index (χ0n) is 30.3. The van der Waals surface area contributed by atoms with Gasteiger partial charge in [0.05, 0.1) is 16.4 Å². The van der Waals surface area contributed by atoms with Crippen LogP contribution in [-0.2, 0) is 5.41 Å². The van der Waals surface area contributed by atoms with E-state index in [-0.39, 0.29) is 0 Å². The standard InChI is InChI=1S/C52H32N4/c1-3-16-33(17-4-1)49-53-50(34-18-5-2-6-19-34)55-51(54-49)35-20-15-21-36(32-35)56-45-29-14-10-25-41(45)47-46(56)31-30-40-39-24-9-13-28-44(39)52(48(40)47)42-26-11-7-22-37(42)38-23-8-12-27-43(38)52/h1-32H. The van der Waals surface area contributed by atoms with Crippen molar-refractivity contribution in [3.05, 3.63) is 216 Å². The van der Waals surface area contributed by atoms with Crippen molar-refractivity contribution in [3.8, 4) is 62.1 Å². The molecule has 8 aromatic carbocycles. The SMILES string of the molecule is c1ccc(-c2nc(-c3ccccc3)nc(-c3cccc(-n4c5ccccc5c5c6c(ccc54)-c4ccccc4C64c5ccccc5-c5ccccc54)c3)n2)cc1. The fraction of sp³-hybridized carbons (Fsp3) is 0.0192. The van der Waals surface area contributed by atoms with Crippen molar-refractivity contribution < 1.29 is 0 Å². The summed E-state index contributed by atoms with van der Waals surface area (Å²) in [4.78, 5) is 15.1. The Morgan fingerprint density at radius 1 is 0.357 bits per heavy atom. The third-order valence-corrected chi connectivity index (χ3v) is 11.8. The molecular formula is C52H32N4. The molecule has 0 aliphatic heterocycles. The molecule has 0 N–H and O–H groups in total. The Bertz CT molecular complexity index is 3080. The van der Waals surface area contributed by atoms with Crippen molar-refractivity contribution in [2.45, 2.75) is 5.41 Å². The maximum Gasteiger partial charge on any atom is 0.164 e. The Morgan fingerprint density at radius 2 is 0.839 bits per heavy atom. The molecule has 0 fully saturated rings. The van der Waals surface area contributed by atoms with E-state index in [9.17, 15) is 0 Å². The number of rotatable bonds is 4. The molecule has 0 bridgehead atoms. The molecule has 10 aromatic rings. The molecule has 2 heterocycles. The quantitative estimate of drug-likeness (QED) is 0.182. The van der Waals surface area contributed by atoms with E-state index in [0.29, 0.717) is 17.5 Å². The van der Waals surface area contributed by atoms with Crippen LogP contribution in [0.2, 0.25) is 0 Å². The van der Waals surface area contributed by atoms with Crippen LogP contribution in [0.15, 0.2) is 194 Å². The monoisotopic (exact) mass is 712 g/mol. The number of fused-ring (bicyclic) bond motifs is 14. The Morgan fingerprint density at radius 3 is 1.45 bits per heavy atom. The number of benzene rings is 8. The normalized spacial score (nSPS) is 13.1. The van der Waals surface area contributed by atoms with Crippen molar-refractivity contribution in [2.75, 3.05) is 0 Å². The van der Waals surface area contributed by atoms with E-state index in [0.717, 1.165) is 27.9 Å². The van der Waals surface area contributed by atoms with Crippen molar-refractivity contribution in [2.24, 2.45) is 0 Å². The summed E-state index contributed by atoms with van der Waals surface area (Å²) in [5, 5.41) is 2.51. The summed E-state index contributed by atoms with van der Waals surface area (Å²) in [6.45, 7) is 0. The second-order valence-electron chi connectivity index (χ2n) is 14.7. The molecule has 0 radical (unpaired) electrons. The fourth-order valence-corrected chi connectivity index (χ4v) is 9.65. The van der Waals surface area contributed by atoms with Gasteiger partial charge in [0.15, 0.2) is 17.5 Å². The fourth-order valence-electron chi connectivity index (χ4n) is 9.65. The largest absolute Gasteiger partial charge is 0.309 e. The van der Waals surface area contributed by atoms with E-state index in [4.69, 9.17) is 15.0 Å². The Hall–Kier alpha value is -7.43. The van der Waals surface area contributed by atoms with Gasteiger partial charge in [0.2, 0.25) is 0 Å². The lowest BCUT2D eigenvalue weighted by Crippen LogP contribution is -2.26. The second-order valence-corrected chi connectivity index (χ2v) is 14.7. The molecule has 2 aromatic heterocycles. The molecular weight excluding hydrogens is 681 g/mol. The smallest absolute Gasteiger partial charge is 0.164 e. The van der Waals surface area contributed by atoms with E-state index >= 15 is 0 Å². The van der Waals surface area contributed by atoms with E-state index in [1.165, 1.54) is 60.8 Å². The lowest BCUT2D eigenvalue weighted by atomic mass is 9.69. The van der Waals surface area contributed by atoms with Crippen LogP contribution in [-0.4, -0.2) is 19.5 Å². The first kappa shape index (κ1) is 31.0. The first-order valence-electron chi connectivity index (χ1n) is 19.1. The summed E-state index contributed by atoms with van der Waals surface area (Å²) < 4.78 is 2.43. The topological polar surface area (TPSA) is 43.6 Å². The number of para-hydroxylation sites is 1. The van der Waals surface area contributed by atoms with Gasteiger partial charge in [0.1, 0.15) is 0 Å². The average molecular weight is 713 g/mol. The van der Waals surface area contributed by atoms with Crippen LogP contribution in [0.25, 0.3) is 83.9 Å². The van der Waals surface area contributed by atoms with Crippen LogP contribution in [0, 0.1) is 0 Å². The van der Waals surface area contributed by atoms with Gasteiger partial charge in [0.25, 0.3) is 0 Å². The summed E-state index contributed by atoms with van der Waals surface area (Å²) in [6, 6.07) is 69.6. The Labute approximate surface area is 324 Å². The molecule has 12 rings (SSSR count). The molecule has 0 amide bonds. The highest BCUT2D eigenvalue weighted by Gasteiger charge is 2.52. The Kier molecular flexibility index (Phi) is 6.52. The van der Waals surface area contributed by atoms with E-state index < -0.39 is 5.41 Å². The van der Waals surface area contributed by atoms with Gasteiger partial charge in [-0.25, -0.2) is 15.0 Å². The molecule has 1 spiro atoms. The van der Waals surface area contributed by atoms with E-state index in [2.05, 4.69) is 138 Å². The number of aromatic nitrogens is 4. The minimum Gasteiger partial charge on any atom is -0.309 e. The van der Waals surface area contributed by atoms with Crippen molar-refractivity contribution in [1.82, 2.24) is 19.5 Å². The van der Waals surface area contributed by atoms with Crippen LogP contribution in [0.5, 0.6) is 0 Å². The average Bonchev–Trinajstić information content (AvgIpc) is 3.89. The minimum atomic E-state index is -0.456. The summed E-state index contributed by atoms with van der Waals surface area (Å²) in [6.07, 6.45) is 0. The van der Waals surface area contributed by atoms with Gasteiger partial charge < -0.3 is 4.57 Å². The van der Waals surface area contributed by atoms with Crippen LogP contribution >= 0.6 is 0 Å². The highest BCUT2D eigenvalue weighted by molar-refractivity contribution is 6.16. The highest BCUT2D eigenvalue weighted by atomic mass is 15.0. The molecule has 0 atom stereocenters. The Balaban J connectivity index is 1.13. The van der Waals surface area contributed by atoms with E-state index in [1.807, 2.05) is 60.7 Å². The molecule has 0 saturated carbocycles. The van der Waals surface area contributed by atoms with Crippen molar-refractivity contribution in [1.29, 1.82) is 0 Å². The zero-order valence-corrected chi connectivity index (χ0v) is 30.3. The van der Waals surface area contributed by atoms with Gasteiger partial charge >= 0.3 is 0 Å². The summed E-state index contributed by atoms with van der Waals surface area (Å²) in [7, 11) is 0. The maximum atomic E-state index is 5.08. The predicted molar refractivity (Wildman–Crippen MR) is 227 cm³/mol. The van der Waals surface area contributed by atoms with Gasteiger partial charge in [-0.2, -0.15) is 0 Å². The molecule has 56 heavy (non-hydrogen) atoms. The summed E-state index contributed by atoms with van der Waals surface area (Å²) >= 11 is 0.